The van der Waals surface area contributed by atoms with E-state index in [2.05, 4.69) is 33.8 Å². The van der Waals surface area contributed by atoms with E-state index in [1.54, 1.807) is 5.57 Å². The Morgan fingerprint density at radius 2 is 1.89 bits per heavy atom. The number of hydrogen-bond donors (Lipinski definition) is 1. The average molecular weight is 385 g/mol. The van der Waals surface area contributed by atoms with Crippen molar-refractivity contribution in [2.45, 2.75) is 104 Å². The van der Waals surface area contributed by atoms with Crippen LogP contribution in [0.5, 0.6) is 0 Å². The maximum Gasteiger partial charge on any atom is 0.0577 e. The number of aliphatic hydroxyl groups excluding tert-OH is 1. The molecule has 0 radical (unpaired) electrons. The Bertz CT molecular complexity index is 636. The number of rotatable bonds is 4. The summed E-state index contributed by atoms with van der Waals surface area (Å²) in [5.74, 6) is 6.75. The Balaban J connectivity index is 1.32. The number of allylic oxidation sites excluding steroid dienone is 1. The molecule has 4 saturated carbocycles. The number of hydrogen-bond acceptors (Lipinski definition) is 1. The highest BCUT2D eigenvalue weighted by Gasteiger charge is 2.59. The molecule has 0 bridgehead atoms. The van der Waals surface area contributed by atoms with E-state index in [0.29, 0.717) is 10.8 Å². The molecular weight excluding hydrogens is 340 g/mol. The predicted molar refractivity (Wildman–Crippen MR) is 117 cm³/mol. The number of fused-ring (bicyclic) bond motifs is 5. The molecule has 0 aromatic rings. The van der Waals surface area contributed by atoms with E-state index < -0.39 is 0 Å². The van der Waals surface area contributed by atoms with Gasteiger partial charge in [-0.3, -0.25) is 0 Å². The minimum Gasteiger partial charge on any atom is -0.393 e. The van der Waals surface area contributed by atoms with Crippen molar-refractivity contribution < 1.29 is 5.11 Å². The van der Waals surface area contributed by atoms with Gasteiger partial charge >= 0.3 is 0 Å². The molecule has 5 rings (SSSR count). The van der Waals surface area contributed by atoms with Gasteiger partial charge in [0.05, 0.1) is 6.10 Å². The fourth-order valence-electron chi connectivity index (χ4n) is 9.10. The molecule has 0 amide bonds. The molecule has 158 valence electrons. The molecule has 5 aliphatic carbocycles. The topological polar surface area (TPSA) is 20.2 Å². The molecule has 4 fully saturated rings. The Morgan fingerprint density at radius 1 is 1.11 bits per heavy atom. The second-order valence-electron chi connectivity index (χ2n) is 12.4. The van der Waals surface area contributed by atoms with E-state index in [1.807, 2.05) is 0 Å². The van der Waals surface area contributed by atoms with Crippen LogP contribution in [0.25, 0.3) is 0 Å². The molecule has 5 aliphatic rings. The quantitative estimate of drug-likeness (QED) is 0.517. The summed E-state index contributed by atoms with van der Waals surface area (Å²) in [6, 6.07) is 0. The molecule has 1 nitrogen and oxygen atoms in total. The van der Waals surface area contributed by atoms with Crippen molar-refractivity contribution in [3.63, 3.8) is 0 Å². The summed E-state index contributed by atoms with van der Waals surface area (Å²) in [5.41, 5.74) is 2.62. The van der Waals surface area contributed by atoms with E-state index in [-0.39, 0.29) is 6.10 Å². The fourth-order valence-corrected chi connectivity index (χ4v) is 9.10. The molecule has 0 aromatic heterocycles. The first-order valence-corrected chi connectivity index (χ1v) is 12.7. The van der Waals surface area contributed by atoms with Gasteiger partial charge in [-0.25, -0.2) is 0 Å². The summed E-state index contributed by atoms with van der Waals surface area (Å²) in [6.07, 6.45) is 17.4. The zero-order chi connectivity index (χ0) is 19.7. The van der Waals surface area contributed by atoms with Crippen LogP contribution in [0.4, 0.5) is 0 Å². The lowest BCUT2D eigenvalue weighted by atomic mass is 9.47. The van der Waals surface area contributed by atoms with Gasteiger partial charge in [0.1, 0.15) is 0 Å². The summed E-state index contributed by atoms with van der Waals surface area (Å²) in [5, 5.41) is 10.2. The van der Waals surface area contributed by atoms with Crippen LogP contribution in [-0.4, -0.2) is 11.2 Å². The van der Waals surface area contributed by atoms with Crippen molar-refractivity contribution in [1.82, 2.24) is 0 Å². The molecule has 0 saturated heterocycles. The SMILES string of the molecule is CC1CC1CC[C@@H](C)[C@H]1CC[C@H]2[C@@H]3CC=C4C[C@@H](O)CC[C@]4(C)[C@H]3CC[C@]12C. The fraction of sp³-hybridized carbons (Fsp3) is 0.926. The lowest BCUT2D eigenvalue weighted by Gasteiger charge is -2.58. The monoisotopic (exact) mass is 384 g/mol. The zero-order valence-electron chi connectivity index (χ0n) is 18.9. The Labute approximate surface area is 173 Å². The van der Waals surface area contributed by atoms with Crippen molar-refractivity contribution >= 4 is 0 Å². The second-order valence-corrected chi connectivity index (χ2v) is 12.4. The van der Waals surface area contributed by atoms with Gasteiger partial charge in [-0.2, -0.15) is 0 Å². The molecule has 1 N–H and O–H groups in total. The van der Waals surface area contributed by atoms with Gasteiger partial charge in [0, 0.05) is 0 Å². The Morgan fingerprint density at radius 3 is 2.64 bits per heavy atom. The van der Waals surface area contributed by atoms with Crippen LogP contribution in [0.1, 0.15) is 98.3 Å². The summed E-state index contributed by atoms with van der Waals surface area (Å²) >= 11 is 0. The highest BCUT2D eigenvalue weighted by atomic mass is 16.3. The van der Waals surface area contributed by atoms with E-state index >= 15 is 0 Å². The van der Waals surface area contributed by atoms with Crippen molar-refractivity contribution in [1.29, 1.82) is 0 Å². The molecular formula is C27H44O. The third kappa shape index (κ3) is 2.97. The summed E-state index contributed by atoms with van der Waals surface area (Å²) in [4.78, 5) is 0. The molecule has 1 heteroatoms. The highest BCUT2D eigenvalue weighted by Crippen LogP contribution is 2.67. The molecule has 28 heavy (non-hydrogen) atoms. The normalized spacial score (nSPS) is 53.6. The maximum absolute atomic E-state index is 10.2. The lowest BCUT2D eigenvalue weighted by molar-refractivity contribution is -0.0573. The first-order valence-electron chi connectivity index (χ1n) is 12.7. The minimum atomic E-state index is -0.0735. The van der Waals surface area contributed by atoms with E-state index in [4.69, 9.17) is 0 Å². The van der Waals surface area contributed by atoms with Crippen LogP contribution < -0.4 is 0 Å². The van der Waals surface area contributed by atoms with E-state index in [1.165, 1.54) is 57.8 Å². The smallest absolute Gasteiger partial charge is 0.0577 e. The standard InChI is InChI=1S/C27H44O/c1-17(5-6-19-15-18(19)2)23-9-10-24-22-8-7-20-16-21(28)11-13-26(20,3)25(22)12-14-27(23,24)4/h7,17-19,21-25,28H,5-6,8-16H2,1-4H3/t17-,18?,19?,21+,22+,23-,24+,25+,26+,27-/m1/s1. The molecule has 2 unspecified atom stereocenters. The molecule has 0 heterocycles. The van der Waals surface area contributed by atoms with Gasteiger partial charge in [-0.05, 0) is 116 Å². The Kier molecular flexibility index (Phi) is 4.81. The van der Waals surface area contributed by atoms with Crippen molar-refractivity contribution in [3.8, 4) is 0 Å². The van der Waals surface area contributed by atoms with Crippen molar-refractivity contribution in [3.05, 3.63) is 11.6 Å². The van der Waals surface area contributed by atoms with Crippen LogP contribution in [0.2, 0.25) is 0 Å². The first kappa shape index (κ1) is 19.7. The van der Waals surface area contributed by atoms with Gasteiger partial charge in [0.25, 0.3) is 0 Å². The summed E-state index contributed by atoms with van der Waals surface area (Å²) in [6.45, 7) is 10.3. The number of aliphatic hydroxyl groups is 1. The summed E-state index contributed by atoms with van der Waals surface area (Å²) < 4.78 is 0. The van der Waals surface area contributed by atoms with Crippen LogP contribution in [0, 0.1) is 52.3 Å². The minimum absolute atomic E-state index is 0.0735. The van der Waals surface area contributed by atoms with Gasteiger partial charge < -0.3 is 5.11 Å². The highest BCUT2D eigenvalue weighted by molar-refractivity contribution is 5.25. The van der Waals surface area contributed by atoms with E-state index in [9.17, 15) is 5.11 Å². The molecule has 10 atom stereocenters. The first-order chi connectivity index (χ1) is 13.3. The molecule has 0 aromatic carbocycles. The predicted octanol–water partition coefficient (Wildman–Crippen LogP) is 7.00. The van der Waals surface area contributed by atoms with Gasteiger partial charge in [-0.1, -0.05) is 45.8 Å². The second kappa shape index (κ2) is 6.86. The van der Waals surface area contributed by atoms with Crippen LogP contribution in [0.3, 0.4) is 0 Å². The van der Waals surface area contributed by atoms with Crippen molar-refractivity contribution in [2.24, 2.45) is 52.3 Å². The van der Waals surface area contributed by atoms with Crippen LogP contribution in [0.15, 0.2) is 11.6 Å². The third-order valence-corrected chi connectivity index (χ3v) is 11.1. The molecule has 0 spiro atoms. The average Bonchev–Trinajstić information content (AvgIpc) is 3.25. The van der Waals surface area contributed by atoms with Gasteiger partial charge in [-0.15, -0.1) is 0 Å². The van der Waals surface area contributed by atoms with Crippen molar-refractivity contribution in [2.75, 3.05) is 0 Å². The van der Waals surface area contributed by atoms with Crippen LogP contribution >= 0.6 is 0 Å². The lowest BCUT2D eigenvalue weighted by Crippen LogP contribution is -2.50. The third-order valence-electron chi connectivity index (χ3n) is 11.1. The zero-order valence-corrected chi connectivity index (χ0v) is 18.9. The maximum atomic E-state index is 10.2. The van der Waals surface area contributed by atoms with Gasteiger partial charge in [0.15, 0.2) is 0 Å². The largest absolute Gasteiger partial charge is 0.393 e. The van der Waals surface area contributed by atoms with E-state index in [0.717, 1.165) is 54.3 Å². The van der Waals surface area contributed by atoms with Crippen LogP contribution in [-0.2, 0) is 0 Å². The molecule has 0 aliphatic heterocycles. The van der Waals surface area contributed by atoms with Gasteiger partial charge in [0.2, 0.25) is 0 Å². The summed E-state index contributed by atoms with van der Waals surface area (Å²) in [7, 11) is 0. The Hall–Kier alpha value is -0.300.